The van der Waals surface area contributed by atoms with E-state index in [0.29, 0.717) is 6.42 Å². The monoisotopic (exact) mass is 311 g/mol. The summed E-state index contributed by atoms with van der Waals surface area (Å²) >= 11 is 2.26. The summed E-state index contributed by atoms with van der Waals surface area (Å²) in [6.45, 7) is 0. The van der Waals surface area contributed by atoms with E-state index < -0.39 is 0 Å². The molecule has 0 aliphatic rings. The Balaban J connectivity index is 2.59. The molecule has 0 radical (unpaired) electrons. The van der Waals surface area contributed by atoms with Gasteiger partial charge in [0.2, 0.25) is 5.91 Å². The third-order valence-corrected chi connectivity index (χ3v) is 3.58. The fraction of sp³-hybridized carbons (Fsp3) is 0.0833. The maximum absolute atomic E-state index is 10.9. The van der Waals surface area contributed by atoms with Gasteiger partial charge in [0, 0.05) is 3.57 Å². The fourth-order valence-electron chi connectivity index (χ4n) is 1.60. The van der Waals surface area contributed by atoms with Gasteiger partial charge in [0.25, 0.3) is 0 Å². The summed E-state index contributed by atoms with van der Waals surface area (Å²) in [6.07, 6.45) is 0.309. The highest BCUT2D eigenvalue weighted by Crippen LogP contribution is 2.24. The molecule has 0 aromatic heterocycles. The molecule has 76 valence electrons. The second-order valence-electron chi connectivity index (χ2n) is 3.40. The van der Waals surface area contributed by atoms with Crippen LogP contribution in [-0.2, 0) is 11.2 Å². The Bertz CT molecular complexity index is 522. The summed E-state index contributed by atoms with van der Waals surface area (Å²) in [5, 5.41) is 2.37. The topological polar surface area (TPSA) is 43.1 Å². The van der Waals surface area contributed by atoms with Gasteiger partial charge in [-0.15, -0.1) is 0 Å². The van der Waals surface area contributed by atoms with E-state index in [4.69, 9.17) is 5.73 Å². The van der Waals surface area contributed by atoms with Crippen LogP contribution < -0.4 is 5.73 Å². The van der Waals surface area contributed by atoms with Crippen molar-refractivity contribution in [1.82, 2.24) is 0 Å². The summed E-state index contributed by atoms with van der Waals surface area (Å²) in [6, 6.07) is 12.1. The molecule has 0 saturated heterocycles. The minimum Gasteiger partial charge on any atom is -0.369 e. The lowest BCUT2D eigenvalue weighted by Crippen LogP contribution is -2.14. The average molecular weight is 311 g/mol. The Morgan fingerprint density at radius 1 is 1.20 bits per heavy atom. The van der Waals surface area contributed by atoms with Crippen molar-refractivity contribution in [1.29, 1.82) is 0 Å². The molecule has 0 saturated carbocycles. The molecule has 3 heteroatoms. The maximum Gasteiger partial charge on any atom is 0.221 e. The van der Waals surface area contributed by atoms with Crippen molar-refractivity contribution in [2.75, 3.05) is 0 Å². The number of nitrogens with two attached hydrogens (primary N) is 1. The second kappa shape index (κ2) is 4.18. The first-order chi connectivity index (χ1) is 7.18. The zero-order valence-electron chi connectivity index (χ0n) is 8.03. The van der Waals surface area contributed by atoms with Crippen LogP contribution in [0.1, 0.15) is 5.56 Å². The molecule has 0 heterocycles. The largest absolute Gasteiger partial charge is 0.369 e. The minimum atomic E-state index is -0.289. The molecular formula is C12H10INO. The number of hydrogen-bond donors (Lipinski definition) is 1. The van der Waals surface area contributed by atoms with Crippen LogP contribution in [0.3, 0.4) is 0 Å². The van der Waals surface area contributed by atoms with Gasteiger partial charge in [-0.2, -0.15) is 0 Å². The summed E-state index contributed by atoms with van der Waals surface area (Å²) in [5.41, 5.74) is 6.20. The third-order valence-electron chi connectivity index (χ3n) is 2.31. The standard InChI is InChI=1S/C12H10INO/c13-12-9(7-11(14)15)6-5-8-3-1-2-4-10(8)12/h1-6H,7H2,(H2,14,15). The molecule has 0 bridgehead atoms. The van der Waals surface area contributed by atoms with Crippen LogP contribution in [0, 0.1) is 3.57 Å². The van der Waals surface area contributed by atoms with Crippen molar-refractivity contribution in [3.05, 3.63) is 45.5 Å². The first-order valence-corrected chi connectivity index (χ1v) is 5.71. The Morgan fingerprint density at radius 2 is 1.93 bits per heavy atom. The molecule has 2 aromatic carbocycles. The van der Waals surface area contributed by atoms with Gasteiger partial charge in [-0.05, 0) is 38.9 Å². The highest BCUT2D eigenvalue weighted by Gasteiger charge is 2.06. The molecule has 0 spiro atoms. The van der Waals surface area contributed by atoms with Gasteiger partial charge < -0.3 is 5.73 Å². The van der Waals surface area contributed by atoms with E-state index in [-0.39, 0.29) is 5.91 Å². The minimum absolute atomic E-state index is 0.289. The Kier molecular flexibility index (Phi) is 2.90. The summed E-state index contributed by atoms with van der Waals surface area (Å²) in [4.78, 5) is 10.9. The Hall–Kier alpha value is -1.10. The van der Waals surface area contributed by atoms with E-state index in [2.05, 4.69) is 34.7 Å². The van der Waals surface area contributed by atoms with Crippen LogP contribution in [0.15, 0.2) is 36.4 Å². The van der Waals surface area contributed by atoms with Crippen molar-refractivity contribution in [2.24, 2.45) is 5.73 Å². The lowest BCUT2D eigenvalue weighted by atomic mass is 10.1. The Labute approximate surface area is 102 Å². The van der Waals surface area contributed by atoms with Crippen LogP contribution in [0.4, 0.5) is 0 Å². The first kappa shape index (κ1) is 10.4. The summed E-state index contributed by atoms with van der Waals surface area (Å²) < 4.78 is 1.12. The average Bonchev–Trinajstić information content (AvgIpc) is 2.22. The van der Waals surface area contributed by atoms with Crippen LogP contribution in [0.25, 0.3) is 10.8 Å². The predicted molar refractivity (Wildman–Crippen MR) is 69.6 cm³/mol. The molecule has 0 atom stereocenters. The van der Waals surface area contributed by atoms with Gasteiger partial charge >= 0.3 is 0 Å². The van der Waals surface area contributed by atoms with E-state index in [9.17, 15) is 4.79 Å². The zero-order valence-corrected chi connectivity index (χ0v) is 10.2. The highest BCUT2D eigenvalue weighted by atomic mass is 127. The molecule has 2 N–H and O–H groups in total. The van der Waals surface area contributed by atoms with Crippen LogP contribution >= 0.6 is 22.6 Å². The van der Waals surface area contributed by atoms with Crippen molar-refractivity contribution >= 4 is 39.3 Å². The summed E-state index contributed by atoms with van der Waals surface area (Å²) in [7, 11) is 0. The van der Waals surface area contributed by atoms with Crippen molar-refractivity contribution in [3.63, 3.8) is 0 Å². The molecule has 0 aliphatic heterocycles. The lowest BCUT2D eigenvalue weighted by molar-refractivity contribution is -0.117. The predicted octanol–water partition coefficient (Wildman–Crippen LogP) is 2.47. The third kappa shape index (κ3) is 2.12. The van der Waals surface area contributed by atoms with Crippen molar-refractivity contribution in [3.8, 4) is 0 Å². The van der Waals surface area contributed by atoms with E-state index in [1.54, 1.807) is 0 Å². The molecule has 0 unspecified atom stereocenters. The normalized spacial score (nSPS) is 10.5. The van der Waals surface area contributed by atoms with Gasteiger partial charge in [-0.3, -0.25) is 4.79 Å². The fourth-order valence-corrected chi connectivity index (χ4v) is 2.46. The molecular weight excluding hydrogens is 301 g/mol. The number of carbonyl (C=O) groups excluding carboxylic acids is 1. The molecule has 1 amide bonds. The number of halogens is 1. The van der Waals surface area contributed by atoms with Gasteiger partial charge in [0.1, 0.15) is 0 Å². The quantitative estimate of drug-likeness (QED) is 0.851. The van der Waals surface area contributed by atoms with Crippen LogP contribution in [-0.4, -0.2) is 5.91 Å². The molecule has 2 rings (SSSR count). The first-order valence-electron chi connectivity index (χ1n) is 4.63. The van der Waals surface area contributed by atoms with E-state index in [1.165, 1.54) is 10.8 Å². The lowest BCUT2D eigenvalue weighted by Gasteiger charge is -2.06. The van der Waals surface area contributed by atoms with Crippen LogP contribution in [0.2, 0.25) is 0 Å². The van der Waals surface area contributed by atoms with Gasteiger partial charge in [0.15, 0.2) is 0 Å². The number of carbonyl (C=O) groups is 1. The van der Waals surface area contributed by atoms with Crippen molar-refractivity contribution < 1.29 is 4.79 Å². The van der Waals surface area contributed by atoms with Gasteiger partial charge in [0.05, 0.1) is 6.42 Å². The Morgan fingerprint density at radius 3 is 2.67 bits per heavy atom. The number of amides is 1. The van der Waals surface area contributed by atoms with E-state index in [0.717, 1.165) is 9.13 Å². The molecule has 2 aromatic rings. The van der Waals surface area contributed by atoms with E-state index in [1.807, 2.05) is 24.3 Å². The molecule has 0 fully saturated rings. The highest BCUT2D eigenvalue weighted by molar-refractivity contribution is 14.1. The number of hydrogen-bond acceptors (Lipinski definition) is 1. The van der Waals surface area contributed by atoms with Crippen LogP contribution in [0.5, 0.6) is 0 Å². The van der Waals surface area contributed by atoms with Gasteiger partial charge in [-0.1, -0.05) is 36.4 Å². The zero-order chi connectivity index (χ0) is 10.8. The van der Waals surface area contributed by atoms with Crippen molar-refractivity contribution in [2.45, 2.75) is 6.42 Å². The smallest absolute Gasteiger partial charge is 0.221 e. The number of primary amides is 1. The SMILES string of the molecule is NC(=O)Cc1ccc2ccccc2c1I. The summed E-state index contributed by atoms with van der Waals surface area (Å²) in [5.74, 6) is -0.289. The molecule has 15 heavy (non-hydrogen) atoms. The van der Waals surface area contributed by atoms with Gasteiger partial charge in [-0.25, -0.2) is 0 Å². The number of fused-ring (bicyclic) bond motifs is 1. The van der Waals surface area contributed by atoms with E-state index >= 15 is 0 Å². The number of benzene rings is 2. The molecule has 2 nitrogen and oxygen atoms in total. The number of rotatable bonds is 2. The maximum atomic E-state index is 10.9. The molecule has 0 aliphatic carbocycles. The second-order valence-corrected chi connectivity index (χ2v) is 4.48.